The SMILES string of the molecule is O=C(CN(c1ccc(Cl)c(C(F)(F)F)c1)S(=O)(=O)c1ccccc1)NCCCc1ccc(Cl)cc1. The van der Waals surface area contributed by atoms with E-state index >= 15 is 0 Å². The van der Waals surface area contributed by atoms with E-state index in [-0.39, 0.29) is 17.1 Å². The third-order valence-electron chi connectivity index (χ3n) is 5.04. The third-order valence-corrected chi connectivity index (χ3v) is 7.41. The number of aryl methyl sites for hydroxylation is 1. The molecule has 0 radical (unpaired) electrons. The van der Waals surface area contributed by atoms with Crippen molar-refractivity contribution in [1.29, 1.82) is 0 Å². The summed E-state index contributed by atoms with van der Waals surface area (Å²) in [6, 6.07) is 17.1. The number of rotatable bonds is 9. The van der Waals surface area contributed by atoms with E-state index in [1.54, 1.807) is 18.2 Å². The molecule has 0 saturated heterocycles. The minimum absolute atomic E-state index is 0.168. The fourth-order valence-electron chi connectivity index (χ4n) is 3.28. The molecule has 35 heavy (non-hydrogen) atoms. The molecule has 0 aromatic heterocycles. The van der Waals surface area contributed by atoms with Gasteiger partial charge in [-0.2, -0.15) is 13.2 Å². The summed E-state index contributed by atoms with van der Waals surface area (Å²) in [5.74, 6) is -0.663. The van der Waals surface area contributed by atoms with Crippen LogP contribution in [0.5, 0.6) is 0 Å². The van der Waals surface area contributed by atoms with Gasteiger partial charge in [-0.05, 0) is 60.9 Å². The highest BCUT2D eigenvalue weighted by atomic mass is 35.5. The Morgan fingerprint density at radius 1 is 0.943 bits per heavy atom. The molecule has 0 fully saturated rings. The maximum atomic E-state index is 13.4. The molecule has 0 saturated carbocycles. The van der Waals surface area contributed by atoms with Gasteiger partial charge < -0.3 is 5.32 Å². The predicted molar refractivity (Wildman–Crippen MR) is 130 cm³/mol. The molecule has 3 aromatic rings. The van der Waals surface area contributed by atoms with Gasteiger partial charge in [0.05, 0.1) is 21.2 Å². The zero-order valence-corrected chi connectivity index (χ0v) is 20.6. The van der Waals surface area contributed by atoms with Crippen LogP contribution in [0.1, 0.15) is 17.5 Å². The Bertz CT molecular complexity index is 1270. The molecule has 0 bridgehead atoms. The number of benzene rings is 3. The van der Waals surface area contributed by atoms with Crippen LogP contribution < -0.4 is 9.62 Å². The average Bonchev–Trinajstić information content (AvgIpc) is 2.81. The summed E-state index contributed by atoms with van der Waals surface area (Å²) in [4.78, 5) is 12.5. The van der Waals surface area contributed by atoms with E-state index in [4.69, 9.17) is 23.2 Å². The van der Waals surface area contributed by atoms with Crippen molar-refractivity contribution in [1.82, 2.24) is 5.32 Å². The fraction of sp³-hybridized carbons (Fsp3) is 0.208. The lowest BCUT2D eigenvalue weighted by atomic mass is 10.1. The van der Waals surface area contributed by atoms with Gasteiger partial charge in [-0.1, -0.05) is 53.5 Å². The second-order valence-electron chi connectivity index (χ2n) is 7.57. The molecule has 0 aliphatic carbocycles. The van der Waals surface area contributed by atoms with Crippen LogP contribution in [-0.2, 0) is 27.4 Å². The summed E-state index contributed by atoms with van der Waals surface area (Å²) >= 11 is 11.5. The van der Waals surface area contributed by atoms with Gasteiger partial charge in [0, 0.05) is 11.6 Å². The van der Waals surface area contributed by atoms with Crippen molar-refractivity contribution in [2.45, 2.75) is 23.9 Å². The van der Waals surface area contributed by atoms with Crippen molar-refractivity contribution in [3.05, 3.63) is 94.0 Å². The number of sulfonamides is 1. The summed E-state index contributed by atoms with van der Waals surface area (Å²) in [6.07, 6.45) is -3.59. The normalized spacial score (nSPS) is 11.8. The molecule has 3 rings (SSSR count). The standard InChI is InChI=1S/C24H21Cl2F3N2O3S/c25-18-10-8-17(9-11-18)5-4-14-30-23(32)16-31(35(33,34)20-6-2-1-3-7-20)19-12-13-22(26)21(15-19)24(27,28)29/h1-3,6-13,15H,4-5,14,16H2,(H,30,32). The Labute approximate surface area is 211 Å². The topological polar surface area (TPSA) is 66.5 Å². The Balaban J connectivity index is 1.80. The summed E-state index contributed by atoms with van der Waals surface area (Å²) in [7, 11) is -4.35. The lowest BCUT2D eigenvalue weighted by Gasteiger charge is -2.25. The zero-order chi connectivity index (χ0) is 25.6. The molecule has 0 heterocycles. The van der Waals surface area contributed by atoms with Crippen molar-refractivity contribution in [3.63, 3.8) is 0 Å². The highest BCUT2D eigenvalue weighted by molar-refractivity contribution is 7.92. The van der Waals surface area contributed by atoms with Gasteiger partial charge in [0.2, 0.25) is 5.91 Å². The number of amides is 1. The van der Waals surface area contributed by atoms with Crippen molar-refractivity contribution in [3.8, 4) is 0 Å². The smallest absolute Gasteiger partial charge is 0.355 e. The van der Waals surface area contributed by atoms with E-state index in [0.717, 1.165) is 17.7 Å². The van der Waals surface area contributed by atoms with Crippen LogP contribution in [0.25, 0.3) is 0 Å². The van der Waals surface area contributed by atoms with E-state index in [2.05, 4.69) is 5.32 Å². The average molecular weight is 545 g/mol. The molecular formula is C24H21Cl2F3N2O3S. The zero-order valence-electron chi connectivity index (χ0n) is 18.2. The molecule has 1 N–H and O–H groups in total. The molecule has 1 amide bonds. The molecule has 0 atom stereocenters. The van der Waals surface area contributed by atoms with Gasteiger partial charge in [0.25, 0.3) is 10.0 Å². The molecule has 11 heteroatoms. The van der Waals surface area contributed by atoms with Crippen LogP contribution in [0.2, 0.25) is 10.0 Å². The second-order valence-corrected chi connectivity index (χ2v) is 10.3. The first-order chi connectivity index (χ1) is 16.5. The molecule has 5 nitrogen and oxygen atoms in total. The van der Waals surface area contributed by atoms with Gasteiger partial charge in [0.15, 0.2) is 0 Å². The Morgan fingerprint density at radius 3 is 2.23 bits per heavy atom. The number of carbonyl (C=O) groups is 1. The number of hydrogen-bond donors (Lipinski definition) is 1. The van der Waals surface area contributed by atoms with Gasteiger partial charge in [0.1, 0.15) is 6.54 Å². The molecular weight excluding hydrogens is 524 g/mol. The number of halogens is 5. The molecule has 0 unspecified atom stereocenters. The van der Waals surface area contributed by atoms with Crippen molar-refractivity contribution < 1.29 is 26.4 Å². The summed E-state index contributed by atoms with van der Waals surface area (Å²) < 4.78 is 67.4. The highest BCUT2D eigenvalue weighted by Crippen LogP contribution is 2.38. The van der Waals surface area contributed by atoms with E-state index in [9.17, 15) is 26.4 Å². The lowest BCUT2D eigenvalue weighted by molar-refractivity contribution is -0.137. The largest absolute Gasteiger partial charge is 0.417 e. The van der Waals surface area contributed by atoms with Crippen LogP contribution >= 0.6 is 23.2 Å². The predicted octanol–water partition coefficient (Wildman–Crippen LogP) is 5.96. The molecule has 0 aliphatic heterocycles. The number of alkyl halides is 3. The van der Waals surface area contributed by atoms with Crippen LogP contribution in [0.3, 0.4) is 0 Å². The lowest BCUT2D eigenvalue weighted by Crippen LogP contribution is -2.41. The molecule has 0 aliphatic rings. The Morgan fingerprint density at radius 2 is 1.60 bits per heavy atom. The molecule has 0 spiro atoms. The van der Waals surface area contributed by atoms with Crippen LogP contribution in [0, 0.1) is 0 Å². The Kier molecular flexibility index (Phi) is 8.69. The van der Waals surface area contributed by atoms with Gasteiger partial charge in [-0.25, -0.2) is 8.42 Å². The highest BCUT2D eigenvalue weighted by Gasteiger charge is 2.35. The number of carbonyl (C=O) groups excluding carboxylic acids is 1. The maximum absolute atomic E-state index is 13.4. The molecule has 186 valence electrons. The summed E-state index contributed by atoms with van der Waals surface area (Å²) in [6.45, 7) is -0.466. The first-order valence-electron chi connectivity index (χ1n) is 10.4. The third kappa shape index (κ3) is 7.13. The van der Waals surface area contributed by atoms with Crippen LogP contribution in [-0.4, -0.2) is 27.4 Å². The minimum atomic E-state index is -4.81. The van der Waals surface area contributed by atoms with Crippen molar-refractivity contribution in [2.24, 2.45) is 0 Å². The van der Waals surface area contributed by atoms with E-state index in [0.29, 0.717) is 28.2 Å². The first-order valence-corrected chi connectivity index (χ1v) is 12.6. The number of hydrogen-bond acceptors (Lipinski definition) is 3. The summed E-state index contributed by atoms with van der Waals surface area (Å²) in [5.41, 5.74) is -0.520. The van der Waals surface area contributed by atoms with E-state index in [1.807, 2.05) is 12.1 Å². The van der Waals surface area contributed by atoms with Crippen LogP contribution in [0.15, 0.2) is 77.7 Å². The summed E-state index contributed by atoms with van der Waals surface area (Å²) in [5, 5.41) is 2.66. The van der Waals surface area contributed by atoms with Crippen LogP contribution in [0.4, 0.5) is 18.9 Å². The number of nitrogens with zero attached hydrogens (tertiary/aromatic N) is 1. The number of nitrogens with one attached hydrogen (secondary N) is 1. The first kappa shape index (κ1) is 26.8. The molecule has 3 aromatic carbocycles. The number of anilines is 1. The van der Waals surface area contributed by atoms with Crippen molar-refractivity contribution >= 4 is 44.8 Å². The van der Waals surface area contributed by atoms with E-state index in [1.165, 1.54) is 24.3 Å². The monoisotopic (exact) mass is 544 g/mol. The van der Waals surface area contributed by atoms with Crippen molar-refractivity contribution in [2.75, 3.05) is 17.4 Å². The maximum Gasteiger partial charge on any atom is 0.417 e. The van der Waals surface area contributed by atoms with Gasteiger partial charge >= 0.3 is 6.18 Å². The van der Waals surface area contributed by atoms with Gasteiger partial charge in [-0.3, -0.25) is 9.10 Å². The Hall–Kier alpha value is -2.75. The minimum Gasteiger partial charge on any atom is -0.355 e. The quantitative estimate of drug-likeness (QED) is 0.338. The fourth-order valence-corrected chi connectivity index (χ4v) is 5.06. The van der Waals surface area contributed by atoms with E-state index < -0.39 is 39.2 Å². The van der Waals surface area contributed by atoms with Gasteiger partial charge in [-0.15, -0.1) is 0 Å². The second kappa shape index (κ2) is 11.3.